The van der Waals surface area contributed by atoms with Gasteiger partial charge in [-0.1, -0.05) is 69.7 Å². The van der Waals surface area contributed by atoms with Crippen molar-refractivity contribution >= 4 is 11.9 Å². The number of hydrogen-bond acceptors (Lipinski definition) is 4. The van der Waals surface area contributed by atoms with Gasteiger partial charge < -0.3 is 9.47 Å². The third-order valence-electron chi connectivity index (χ3n) is 4.77. The fourth-order valence-corrected chi connectivity index (χ4v) is 3.40. The Morgan fingerprint density at radius 2 is 1.35 bits per heavy atom. The van der Waals surface area contributed by atoms with Crippen molar-refractivity contribution in [3.05, 3.63) is 95.1 Å². The summed E-state index contributed by atoms with van der Waals surface area (Å²) in [5.41, 5.74) is 2.79. The van der Waals surface area contributed by atoms with Crippen molar-refractivity contribution in [3.8, 4) is 11.5 Å². The van der Waals surface area contributed by atoms with Gasteiger partial charge in [0.25, 0.3) is 0 Å². The molecule has 0 saturated carbocycles. The molecule has 0 amide bonds. The molecule has 4 heteroatoms. The van der Waals surface area contributed by atoms with Crippen LogP contribution in [0, 0.1) is 5.92 Å². The molecule has 31 heavy (non-hydrogen) atoms. The van der Waals surface area contributed by atoms with Crippen molar-refractivity contribution in [3.63, 3.8) is 0 Å². The predicted octanol–water partition coefficient (Wildman–Crippen LogP) is 6.28. The number of carbonyl (C=O) groups excluding carboxylic acids is 2. The molecule has 3 aromatic rings. The van der Waals surface area contributed by atoms with Crippen molar-refractivity contribution in [2.24, 2.45) is 5.92 Å². The molecule has 0 N–H and O–H groups in total. The maximum absolute atomic E-state index is 12.8. The number of rotatable bonds is 8. The van der Waals surface area contributed by atoms with Crippen molar-refractivity contribution in [1.29, 1.82) is 0 Å². The number of ether oxygens (including phenoxy) is 2. The maximum atomic E-state index is 12.8. The molecule has 160 valence electrons. The lowest BCUT2D eigenvalue weighted by Gasteiger charge is -2.18. The van der Waals surface area contributed by atoms with Crippen molar-refractivity contribution in [2.45, 2.75) is 40.0 Å². The number of hydrogen-bond donors (Lipinski definition) is 0. The van der Waals surface area contributed by atoms with E-state index in [0.717, 1.165) is 24.0 Å². The number of esters is 2. The third kappa shape index (κ3) is 6.05. The van der Waals surface area contributed by atoms with Gasteiger partial charge in [-0.15, -0.1) is 0 Å². The van der Waals surface area contributed by atoms with Crippen LogP contribution in [0.25, 0.3) is 0 Å². The minimum atomic E-state index is -0.484. The molecule has 3 aromatic carbocycles. The van der Waals surface area contributed by atoms with Gasteiger partial charge >= 0.3 is 11.9 Å². The first kappa shape index (κ1) is 22.3. The minimum Gasteiger partial charge on any atom is -0.419 e. The van der Waals surface area contributed by atoms with E-state index in [9.17, 15) is 9.59 Å². The van der Waals surface area contributed by atoms with Crippen molar-refractivity contribution in [2.75, 3.05) is 0 Å². The fraction of sp³-hybridized carbons (Fsp3) is 0.259. The van der Waals surface area contributed by atoms with Gasteiger partial charge in [-0.05, 0) is 60.2 Å². The van der Waals surface area contributed by atoms with Crippen LogP contribution in [0.15, 0.2) is 72.8 Å². The second kappa shape index (κ2) is 10.6. The lowest BCUT2D eigenvalue weighted by atomic mass is 9.97. The fourth-order valence-electron chi connectivity index (χ4n) is 3.40. The Balaban J connectivity index is 2.03. The molecule has 0 aliphatic rings. The summed E-state index contributed by atoms with van der Waals surface area (Å²) in [7, 11) is 0. The van der Waals surface area contributed by atoms with Crippen LogP contribution in [0.2, 0.25) is 0 Å². The monoisotopic (exact) mass is 416 g/mol. The van der Waals surface area contributed by atoms with Gasteiger partial charge in [0.2, 0.25) is 0 Å². The van der Waals surface area contributed by atoms with Crippen LogP contribution < -0.4 is 9.47 Å². The van der Waals surface area contributed by atoms with Gasteiger partial charge in [0.15, 0.2) is 11.5 Å². The van der Waals surface area contributed by atoms with Crippen LogP contribution in [0.4, 0.5) is 0 Å². The highest BCUT2D eigenvalue weighted by Gasteiger charge is 2.21. The summed E-state index contributed by atoms with van der Waals surface area (Å²) in [4.78, 5) is 25.6. The first-order valence-corrected chi connectivity index (χ1v) is 10.7. The summed E-state index contributed by atoms with van der Waals surface area (Å²) in [6.45, 7) is 6.30. The Labute approximate surface area is 183 Å². The van der Waals surface area contributed by atoms with E-state index < -0.39 is 11.9 Å². The molecule has 0 aliphatic heterocycles. The second-order valence-corrected chi connectivity index (χ2v) is 7.94. The van der Waals surface area contributed by atoms with Crippen LogP contribution in [0.5, 0.6) is 11.5 Å². The summed E-state index contributed by atoms with van der Waals surface area (Å²) in [6.07, 6.45) is 2.50. The average molecular weight is 417 g/mol. The quantitative estimate of drug-likeness (QED) is 0.320. The summed E-state index contributed by atoms with van der Waals surface area (Å²) in [5.74, 6) is -0.0391. The third-order valence-corrected chi connectivity index (χ3v) is 4.77. The number of aryl methyl sites for hydroxylation is 1. The van der Waals surface area contributed by atoms with Crippen LogP contribution in [-0.2, 0) is 12.8 Å². The molecule has 4 nitrogen and oxygen atoms in total. The summed E-state index contributed by atoms with van der Waals surface area (Å²) in [5, 5.41) is 0. The Bertz CT molecular complexity index is 1020. The van der Waals surface area contributed by atoms with E-state index in [1.54, 1.807) is 48.5 Å². The zero-order chi connectivity index (χ0) is 22.2. The Hall–Kier alpha value is -3.40. The molecular weight excluding hydrogens is 388 g/mol. The van der Waals surface area contributed by atoms with Gasteiger partial charge in [-0.25, -0.2) is 9.59 Å². The van der Waals surface area contributed by atoms with Gasteiger partial charge in [0, 0.05) is 0 Å². The van der Waals surface area contributed by atoms with E-state index in [1.807, 2.05) is 18.2 Å². The van der Waals surface area contributed by atoms with Crippen LogP contribution in [0.3, 0.4) is 0 Å². The topological polar surface area (TPSA) is 52.6 Å². The Morgan fingerprint density at radius 1 is 0.806 bits per heavy atom. The predicted molar refractivity (Wildman–Crippen MR) is 122 cm³/mol. The van der Waals surface area contributed by atoms with E-state index in [-0.39, 0.29) is 5.75 Å². The molecule has 0 aromatic heterocycles. The van der Waals surface area contributed by atoms with Gasteiger partial charge in [-0.2, -0.15) is 0 Å². The zero-order valence-electron chi connectivity index (χ0n) is 18.3. The summed E-state index contributed by atoms with van der Waals surface area (Å²) < 4.78 is 11.6. The summed E-state index contributed by atoms with van der Waals surface area (Å²) >= 11 is 0. The molecule has 0 heterocycles. The largest absolute Gasteiger partial charge is 0.419 e. The lowest BCUT2D eigenvalue weighted by molar-refractivity contribution is 0.0680. The van der Waals surface area contributed by atoms with Crippen molar-refractivity contribution in [1.82, 2.24) is 0 Å². The smallest absolute Gasteiger partial charge is 0.343 e. The highest BCUT2D eigenvalue weighted by atomic mass is 16.6. The molecule has 0 spiro atoms. The molecule has 0 radical (unpaired) electrons. The SMILES string of the molecule is CCCc1cc(CC(C)C)c(OC(=O)c2ccccc2)c(OC(=O)c2ccccc2)c1. The maximum Gasteiger partial charge on any atom is 0.343 e. The lowest BCUT2D eigenvalue weighted by Crippen LogP contribution is -2.15. The van der Waals surface area contributed by atoms with E-state index in [4.69, 9.17) is 9.47 Å². The first-order valence-electron chi connectivity index (χ1n) is 10.7. The normalized spacial score (nSPS) is 10.7. The zero-order valence-corrected chi connectivity index (χ0v) is 18.3. The molecule has 0 saturated heterocycles. The molecule has 0 aliphatic carbocycles. The average Bonchev–Trinajstić information content (AvgIpc) is 2.77. The van der Waals surface area contributed by atoms with E-state index in [1.165, 1.54) is 0 Å². The van der Waals surface area contributed by atoms with Crippen molar-refractivity contribution < 1.29 is 19.1 Å². The van der Waals surface area contributed by atoms with E-state index in [0.29, 0.717) is 29.2 Å². The Morgan fingerprint density at radius 3 is 1.87 bits per heavy atom. The minimum absolute atomic E-state index is 0.278. The standard InChI is InChI=1S/C27H28O4/c1-4-11-20-17-23(16-19(2)3)25(31-27(29)22-14-9-6-10-15-22)24(18-20)30-26(28)21-12-7-5-8-13-21/h5-10,12-15,17-19H,4,11,16H2,1-3H3. The number of benzene rings is 3. The molecule has 0 bridgehead atoms. The second-order valence-electron chi connectivity index (χ2n) is 7.94. The molecule has 3 rings (SSSR count). The van der Waals surface area contributed by atoms with Crippen LogP contribution in [-0.4, -0.2) is 11.9 Å². The summed E-state index contributed by atoms with van der Waals surface area (Å²) in [6, 6.07) is 21.5. The molecular formula is C27H28O4. The van der Waals surface area contributed by atoms with Gasteiger partial charge in [-0.3, -0.25) is 0 Å². The highest BCUT2D eigenvalue weighted by Crippen LogP contribution is 2.36. The molecule has 0 atom stereocenters. The number of carbonyl (C=O) groups is 2. The highest BCUT2D eigenvalue weighted by molar-refractivity contribution is 5.93. The first-order chi connectivity index (χ1) is 15.0. The van der Waals surface area contributed by atoms with E-state index in [2.05, 4.69) is 26.8 Å². The van der Waals surface area contributed by atoms with E-state index >= 15 is 0 Å². The van der Waals surface area contributed by atoms with Gasteiger partial charge in [0.05, 0.1) is 11.1 Å². The van der Waals surface area contributed by atoms with Crippen LogP contribution in [0.1, 0.15) is 59.0 Å². The van der Waals surface area contributed by atoms with Crippen LogP contribution >= 0.6 is 0 Å². The Kier molecular flexibility index (Phi) is 7.60. The molecule has 0 fully saturated rings. The molecule has 0 unspecified atom stereocenters. The van der Waals surface area contributed by atoms with Gasteiger partial charge in [0.1, 0.15) is 0 Å².